The summed E-state index contributed by atoms with van der Waals surface area (Å²) in [5.41, 5.74) is 0.964. The molecule has 3 aromatic rings. The minimum Gasteiger partial charge on any atom is -0.497 e. The van der Waals surface area contributed by atoms with Crippen molar-refractivity contribution in [3.05, 3.63) is 65.0 Å². The van der Waals surface area contributed by atoms with Crippen LogP contribution in [0.15, 0.2) is 57.8 Å². The van der Waals surface area contributed by atoms with Crippen molar-refractivity contribution in [2.75, 3.05) is 25.5 Å². The van der Waals surface area contributed by atoms with Crippen LogP contribution in [-0.2, 0) is 21.2 Å². The molecule has 1 aromatic heterocycles. The molecule has 1 amide bonds. The van der Waals surface area contributed by atoms with E-state index in [1.807, 2.05) is 24.3 Å². The molecular weight excluding hydrogens is 468 g/mol. The number of benzene rings is 2. The number of carbonyl (C=O) groups is 1. The number of halogens is 1. The van der Waals surface area contributed by atoms with Crippen molar-refractivity contribution >= 4 is 33.5 Å². The van der Waals surface area contributed by atoms with Crippen LogP contribution in [0, 0.1) is 5.92 Å². The first-order valence-corrected chi connectivity index (χ1v) is 12.2. The number of nitrogens with zero attached hydrogens (tertiary/aromatic N) is 3. The number of nitrogens with one attached hydrogen (secondary N) is 1. The summed E-state index contributed by atoms with van der Waals surface area (Å²) in [7, 11) is -2.02. The van der Waals surface area contributed by atoms with Crippen LogP contribution in [0.2, 0.25) is 5.02 Å². The highest BCUT2D eigenvalue weighted by Gasteiger charge is 2.32. The molecule has 4 rings (SSSR count). The number of methoxy groups -OCH3 is 1. The Morgan fingerprint density at radius 2 is 1.79 bits per heavy atom. The topological polar surface area (TPSA) is 115 Å². The van der Waals surface area contributed by atoms with Crippen molar-refractivity contribution < 1.29 is 22.4 Å². The summed E-state index contributed by atoms with van der Waals surface area (Å²) >= 11 is 5.85. The smallest absolute Gasteiger partial charge is 0.322 e. The fourth-order valence-corrected chi connectivity index (χ4v) is 5.21. The van der Waals surface area contributed by atoms with Gasteiger partial charge in [-0.1, -0.05) is 28.8 Å². The molecule has 33 heavy (non-hydrogen) atoms. The van der Waals surface area contributed by atoms with Gasteiger partial charge in [0.05, 0.1) is 18.4 Å². The number of carbonyl (C=O) groups excluding carboxylic acids is 1. The Hall–Kier alpha value is -2.95. The Balaban J connectivity index is 1.31. The lowest BCUT2D eigenvalue weighted by atomic mass is 9.97. The minimum atomic E-state index is -3.62. The molecule has 1 aliphatic rings. The number of amides is 1. The number of ether oxygens (including phenoxy) is 1. The van der Waals surface area contributed by atoms with Gasteiger partial charge in [-0.15, -0.1) is 5.10 Å². The van der Waals surface area contributed by atoms with Gasteiger partial charge in [0, 0.05) is 24.0 Å². The number of rotatable bonds is 7. The van der Waals surface area contributed by atoms with E-state index in [4.69, 9.17) is 20.8 Å². The molecule has 0 radical (unpaired) electrons. The van der Waals surface area contributed by atoms with Gasteiger partial charge in [0.2, 0.25) is 21.8 Å². The first kappa shape index (κ1) is 23.2. The number of aromatic nitrogens is 2. The maximum Gasteiger partial charge on any atom is 0.322 e. The van der Waals surface area contributed by atoms with Gasteiger partial charge < -0.3 is 9.15 Å². The molecule has 0 atom stereocenters. The summed E-state index contributed by atoms with van der Waals surface area (Å²) in [5.74, 6) is 0.514. The Bertz CT molecular complexity index is 1200. The summed E-state index contributed by atoms with van der Waals surface area (Å²) < 4.78 is 37.7. The van der Waals surface area contributed by atoms with Gasteiger partial charge in [0.15, 0.2) is 0 Å². The molecular formula is C22H23ClN4O5S. The van der Waals surface area contributed by atoms with Gasteiger partial charge in [0.1, 0.15) is 5.75 Å². The Labute approximate surface area is 196 Å². The third kappa shape index (κ3) is 5.52. The van der Waals surface area contributed by atoms with E-state index in [1.54, 1.807) is 19.2 Å². The molecule has 174 valence electrons. The monoisotopic (exact) mass is 490 g/mol. The van der Waals surface area contributed by atoms with Crippen molar-refractivity contribution in [1.29, 1.82) is 0 Å². The van der Waals surface area contributed by atoms with E-state index in [-0.39, 0.29) is 35.8 Å². The summed E-state index contributed by atoms with van der Waals surface area (Å²) in [6.07, 6.45) is 1.21. The lowest BCUT2D eigenvalue weighted by molar-refractivity contribution is -0.121. The average molecular weight is 491 g/mol. The van der Waals surface area contributed by atoms with Gasteiger partial charge in [-0.3, -0.25) is 10.1 Å². The molecule has 9 nitrogen and oxygen atoms in total. The van der Waals surface area contributed by atoms with Crippen molar-refractivity contribution in [1.82, 2.24) is 14.5 Å². The van der Waals surface area contributed by atoms with Crippen molar-refractivity contribution in [2.24, 2.45) is 5.92 Å². The molecule has 0 saturated carbocycles. The second-order valence-corrected chi connectivity index (χ2v) is 10.0. The second kappa shape index (κ2) is 9.90. The normalized spacial score (nSPS) is 15.3. The van der Waals surface area contributed by atoms with Gasteiger partial charge >= 0.3 is 6.01 Å². The van der Waals surface area contributed by atoms with E-state index < -0.39 is 10.0 Å². The van der Waals surface area contributed by atoms with Crippen LogP contribution in [0.5, 0.6) is 5.75 Å². The first-order chi connectivity index (χ1) is 15.8. The zero-order valence-corrected chi connectivity index (χ0v) is 19.5. The van der Waals surface area contributed by atoms with E-state index in [2.05, 4.69) is 15.5 Å². The number of anilines is 1. The number of hydrogen-bond acceptors (Lipinski definition) is 7. The standard InChI is InChI=1S/C22H23ClN4O5S/c1-31-18-6-2-15(3-7-18)14-20-25-26-22(32-20)24-21(28)16-10-12-27(13-11-16)33(29,30)19-8-4-17(23)5-9-19/h2-9,16H,10-14H2,1H3,(H,24,26,28). The molecule has 11 heteroatoms. The first-order valence-electron chi connectivity index (χ1n) is 10.4. The van der Waals surface area contributed by atoms with Crippen molar-refractivity contribution in [2.45, 2.75) is 24.2 Å². The minimum absolute atomic E-state index is 0.0275. The van der Waals surface area contributed by atoms with E-state index in [0.29, 0.717) is 30.2 Å². The Morgan fingerprint density at radius 1 is 1.12 bits per heavy atom. The molecule has 0 aliphatic carbocycles. The predicted octanol–water partition coefficient (Wildman–Crippen LogP) is 3.36. The molecule has 1 N–H and O–H groups in total. The summed E-state index contributed by atoms with van der Waals surface area (Å²) in [4.78, 5) is 12.8. The van der Waals surface area contributed by atoms with E-state index in [1.165, 1.54) is 16.4 Å². The van der Waals surface area contributed by atoms with E-state index >= 15 is 0 Å². The van der Waals surface area contributed by atoms with Crippen LogP contribution in [0.25, 0.3) is 0 Å². The number of sulfonamides is 1. The van der Waals surface area contributed by atoms with Gasteiger partial charge in [-0.25, -0.2) is 8.42 Å². The molecule has 1 saturated heterocycles. The zero-order chi connectivity index (χ0) is 23.4. The molecule has 0 spiro atoms. The highest BCUT2D eigenvalue weighted by Crippen LogP contribution is 2.26. The molecule has 1 fully saturated rings. The lowest BCUT2D eigenvalue weighted by Crippen LogP contribution is -2.41. The van der Waals surface area contributed by atoms with Gasteiger partial charge in [-0.05, 0) is 54.8 Å². The van der Waals surface area contributed by atoms with Crippen LogP contribution in [-0.4, -0.2) is 49.0 Å². The SMILES string of the molecule is COc1ccc(Cc2nnc(NC(=O)C3CCN(S(=O)(=O)c4ccc(Cl)cc4)CC3)o2)cc1. The van der Waals surface area contributed by atoms with E-state index in [9.17, 15) is 13.2 Å². The average Bonchev–Trinajstić information content (AvgIpc) is 3.26. The van der Waals surface area contributed by atoms with Gasteiger partial charge in [-0.2, -0.15) is 4.31 Å². The fraction of sp³-hybridized carbons (Fsp3) is 0.318. The fourth-order valence-electron chi connectivity index (χ4n) is 3.61. The lowest BCUT2D eigenvalue weighted by Gasteiger charge is -2.30. The number of piperidine rings is 1. The molecule has 0 bridgehead atoms. The number of hydrogen-bond donors (Lipinski definition) is 1. The molecule has 2 heterocycles. The summed E-state index contributed by atoms with van der Waals surface area (Å²) in [6, 6.07) is 13.6. The zero-order valence-electron chi connectivity index (χ0n) is 17.9. The van der Waals surface area contributed by atoms with Crippen LogP contribution in [0.3, 0.4) is 0 Å². The van der Waals surface area contributed by atoms with Crippen LogP contribution in [0.4, 0.5) is 6.01 Å². The highest BCUT2D eigenvalue weighted by molar-refractivity contribution is 7.89. The predicted molar refractivity (Wildman–Crippen MR) is 122 cm³/mol. The quantitative estimate of drug-likeness (QED) is 0.540. The summed E-state index contributed by atoms with van der Waals surface area (Å²) in [6.45, 7) is 0.491. The van der Waals surface area contributed by atoms with Gasteiger partial charge in [0.25, 0.3) is 0 Å². The third-order valence-electron chi connectivity index (χ3n) is 5.49. The van der Waals surface area contributed by atoms with Crippen LogP contribution >= 0.6 is 11.6 Å². The molecule has 0 unspecified atom stereocenters. The maximum absolute atomic E-state index is 12.8. The largest absolute Gasteiger partial charge is 0.497 e. The Morgan fingerprint density at radius 3 is 2.42 bits per heavy atom. The molecule has 1 aliphatic heterocycles. The second-order valence-electron chi connectivity index (χ2n) is 7.65. The van der Waals surface area contributed by atoms with Crippen LogP contribution in [0.1, 0.15) is 24.3 Å². The highest BCUT2D eigenvalue weighted by atomic mass is 35.5. The maximum atomic E-state index is 12.8. The van der Waals surface area contributed by atoms with Crippen molar-refractivity contribution in [3.63, 3.8) is 0 Å². The van der Waals surface area contributed by atoms with Crippen LogP contribution < -0.4 is 10.1 Å². The molecule has 2 aromatic carbocycles. The Kier molecular flexibility index (Phi) is 6.96. The summed E-state index contributed by atoms with van der Waals surface area (Å²) in [5, 5.41) is 11.0. The van der Waals surface area contributed by atoms with Crippen molar-refractivity contribution in [3.8, 4) is 5.75 Å². The third-order valence-corrected chi connectivity index (χ3v) is 7.65. The van der Waals surface area contributed by atoms with E-state index in [0.717, 1.165) is 11.3 Å².